The standard InChI is InChI=1S/C14H24N2O3/c1-9-3-4-12(5-10(9)2)15-14(19)16-7-11(8-16)6-13(17)18/h9-12H,3-8H2,1-2H3,(H,15,19)(H,17,18). The van der Waals surface area contributed by atoms with E-state index in [9.17, 15) is 9.59 Å². The molecule has 2 fully saturated rings. The van der Waals surface area contributed by atoms with Gasteiger partial charge in [0.1, 0.15) is 0 Å². The van der Waals surface area contributed by atoms with Crippen molar-refractivity contribution in [3.63, 3.8) is 0 Å². The lowest BCUT2D eigenvalue weighted by Gasteiger charge is -2.40. The molecule has 0 bridgehead atoms. The fourth-order valence-corrected chi connectivity index (χ4v) is 3.06. The van der Waals surface area contributed by atoms with Crippen molar-refractivity contribution < 1.29 is 14.7 Å². The van der Waals surface area contributed by atoms with Crippen molar-refractivity contribution in [2.75, 3.05) is 13.1 Å². The Hall–Kier alpha value is -1.26. The molecule has 2 N–H and O–H groups in total. The summed E-state index contributed by atoms with van der Waals surface area (Å²) in [5.41, 5.74) is 0. The van der Waals surface area contributed by atoms with Gasteiger partial charge in [0, 0.05) is 25.0 Å². The summed E-state index contributed by atoms with van der Waals surface area (Å²) >= 11 is 0. The number of carbonyl (C=O) groups is 2. The molecule has 1 heterocycles. The molecule has 0 radical (unpaired) electrons. The average molecular weight is 268 g/mol. The molecule has 108 valence electrons. The summed E-state index contributed by atoms with van der Waals surface area (Å²) in [6, 6.07) is 0.269. The van der Waals surface area contributed by atoms with Crippen LogP contribution < -0.4 is 5.32 Å². The predicted octanol–water partition coefficient (Wildman–Crippen LogP) is 1.93. The van der Waals surface area contributed by atoms with Gasteiger partial charge in [0.05, 0.1) is 6.42 Å². The van der Waals surface area contributed by atoms with Crippen molar-refractivity contribution >= 4 is 12.0 Å². The van der Waals surface area contributed by atoms with Gasteiger partial charge in [-0.2, -0.15) is 0 Å². The van der Waals surface area contributed by atoms with Gasteiger partial charge in [-0.05, 0) is 31.1 Å². The van der Waals surface area contributed by atoms with Crippen LogP contribution >= 0.6 is 0 Å². The van der Waals surface area contributed by atoms with Crippen molar-refractivity contribution in [3.05, 3.63) is 0 Å². The van der Waals surface area contributed by atoms with Crippen molar-refractivity contribution in [2.45, 2.75) is 45.6 Å². The first kappa shape index (κ1) is 14.2. The van der Waals surface area contributed by atoms with E-state index in [2.05, 4.69) is 19.2 Å². The zero-order valence-electron chi connectivity index (χ0n) is 11.8. The van der Waals surface area contributed by atoms with Gasteiger partial charge in [-0.1, -0.05) is 13.8 Å². The smallest absolute Gasteiger partial charge is 0.317 e. The fourth-order valence-electron chi connectivity index (χ4n) is 3.06. The number of carboxylic acids is 1. The largest absolute Gasteiger partial charge is 0.481 e. The van der Waals surface area contributed by atoms with Crippen LogP contribution in [0, 0.1) is 17.8 Å². The highest BCUT2D eigenvalue weighted by Gasteiger charge is 2.34. The lowest BCUT2D eigenvalue weighted by Crippen LogP contribution is -2.56. The van der Waals surface area contributed by atoms with E-state index in [4.69, 9.17) is 5.11 Å². The minimum absolute atomic E-state index is 0.0200. The molecule has 1 aliphatic carbocycles. The van der Waals surface area contributed by atoms with E-state index in [1.807, 2.05) is 0 Å². The Balaban J connectivity index is 1.70. The number of likely N-dealkylation sites (tertiary alicyclic amines) is 1. The summed E-state index contributed by atoms with van der Waals surface area (Å²) in [7, 11) is 0. The van der Waals surface area contributed by atoms with Gasteiger partial charge < -0.3 is 15.3 Å². The monoisotopic (exact) mass is 268 g/mol. The normalized spacial score (nSPS) is 31.7. The van der Waals surface area contributed by atoms with E-state index in [-0.39, 0.29) is 24.4 Å². The van der Waals surface area contributed by atoms with Gasteiger partial charge in [-0.15, -0.1) is 0 Å². The Labute approximate surface area is 114 Å². The summed E-state index contributed by atoms with van der Waals surface area (Å²) in [5.74, 6) is 0.765. The van der Waals surface area contributed by atoms with Crippen molar-refractivity contribution in [1.82, 2.24) is 10.2 Å². The number of hydrogen-bond acceptors (Lipinski definition) is 2. The highest BCUT2D eigenvalue weighted by molar-refractivity contribution is 5.76. The third-order valence-corrected chi connectivity index (χ3v) is 4.63. The minimum Gasteiger partial charge on any atom is -0.481 e. The van der Waals surface area contributed by atoms with Crippen LogP contribution in [0.2, 0.25) is 0 Å². The second kappa shape index (κ2) is 5.80. The van der Waals surface area contributed by atoms with Gasteiger partial charge in [-0.25, -0.2) is 4.79 Å². The van der Waals surface area contributed by atoms with E-state index in [1.165, 1.54) is 6.42 Å². The van der Waals surface area contributed by atoms with E-state index >= 15 is 0 Å². The second-order valence-corrected chi connectivity index (χ2v) is 6.28. The third-order valence-electron chi connectivity index (χ3n) is 4.63. The lowest BCUT2D eigenvalue weighted by molar-refractivity contribution is -0.139. The number of rotatable bonds is 3. The first-order valence-electron chi connectivity index (χ1n) is 7.23. The number of aliphatic carboxylic acids is 1. The molecule has 3 atom stereocenters. The van der Waals surface area contributed by atoms with Crippen LogP contribution in [0.15, 0.2) is 0 Å². The minimum atomic E-state index is -0.778. The predicted molar refractivity (Wildman–Crippen MR) is 71.8 cm³/mol. The maximum atomic E-state index is 12.0. The van der Waals surface area contributed by atoms with Crippen LogP contribution in [0.1, 0.15) is 39.5 Å². The molecule has 2 rings (SSSR count). The van der Waals surface area contributed by atoms with Gasteiger partial charge in [-0.3, -0.25) is 4.79 Å². The van der Waals surface area contributed by atoms with E-state index < -0.39 is 5.97 Å². The average Bonchev–Trinajstić information content (AvgIpc) is 2.27. The molecule has 19 heavy (non-hydrogen) atoms. The number of carboxylic acid groups (broad SMARTS) is 1. The molecule has 5 heteroatoms. The Bertz CT molecular complexity index is 353. The summed E-state index contributed by atoms with van der Waals surface area (Å²) in [5, 5.41) is 11.8. The molecular formula is C14H24N2O3. The SMILES string of the molecule is CC1CCC(NC(=O)N2CC(CC(=O)O)C2)CC1C. The van der Waals surface area contributed by atoms with Gasteiger partial charge in [0.2, 0.25) is 0 Å². The zero-order chi connectivity index (χ0) is 14.0. The molecule has 0 spiro atoms. The molecule has 0 aromatic heterocycles. The number of carbonyl (C=O) groups excluding carboxylic acids is 1. The number of amides is 2. The summed E-state index contributed by atoms with van der Waals surface area (Å²) in [6.45, 7) is 5.68. The Kier molecular flexibility index (Phi) is 4.32. The highest BCUT2D eigenvalue weighted by atomic mass is 16.4. The summed E-state index contributed by atoms with van der Waals surface area (Å²) in [4.78, 5) is 24.2. The van der Waals surface area contributed by atoms with E-state index in [0.717, 1.165) is 18.8 Å². The molecule has 1 saturated carbocycles. The van der Waals surface area contributed by atoms with Gasteiger partial charge >= 0.3 is 12.0 Å². The maximum Gasteiger partial charge on any atom is 0.317 e. The van der Waals surface area contributed by atoms with E-state index in [0.29, 0.717) is 19.0 Å². The molecule has 0 aromatic carbocycles. The summed E-state index contributed by atoms with van der Waals surface area (Å²) in [6.07, 6.45) is 3.46. The topological polar surface area (TPSA) is 69.6 Å². The fraction of sp³-hybridized carbons (Fsp3) is 0.857. The van der Waals surface area contributed by atoms with Gasteiger partial charge in [0.25, 0.3) is 0 Å². The summed E-state index contributed by atoms with van der Waals surface area (Å²) < 4.78 is 0. The first-order chi connectivity index (χ1) is 8.95. The molecule has 3 unspecified atom stereocenters. The second-order valence-electron chi connectivity index (χ2n) is 6.28. The first-order valence-corrected chi connectivity index (χ1v) is 7.23. The Morgan fingerprint density at radius 1 is 1.21 bits per heavy atom. The number of urea groups is 1. The number of nitrogens with zero attached hydrogens (tertiary/aromatic N) is 1. The quantitative estimate of drug-likeness (QED) is 0.821. The molecule has 2 aliphatic rings. The Morgan fingerprint density at radius 3 is 2.47 bits per heavy atom. The Morgan fingerprint density at radius 2 is 1.89 bits per heavy atom. The van der Waals surface area contributed by atoms with Crippen LogP contribution in [0.5, 0.6) is 0 Å². The van der Waals surface area contributed by atoms with Crippen molar-refractivity contribution in [3.8, 4) is 0 Å². The zero-order valence-corrected chi connectivity index (χ0v) is 11.8. The van der Waals surface area contributed by atoms with Crippen LogP contribution in [-0.4, -0.2) is 41.1 Å². The molecule has 1 aliphatic heterocycles. The third kappa shape index (κ3) is 3.61. The molecule has 2 amide bonds. The number of hydrogen-bond donors (Lipinski definition) is 2. The van der Waals surface area contributed by atoms with Crippen LogP contribution in [0.4, 0.5) is 4.79 Å². The molecular weight excluding hydrogens is 244 g/mol. The molecule has 5 nitrogen and oxygen atoms in total. The maximum absolute atomic E-state index is 12.0. The van der Waals surface area contributed by atoms with Crippen molar-refractivity contribution in [1.29, 1.82) is 0 Å². The highest BCUT2D eigenvalue weighted by Crippen LogP contribution is 2.29. The van der Waals surface area contributed by atoms with Crippen LogP contribution in [0.25, 0.3) is 0 Å². The lowest BCUT2D eigenvalue weighted by atomic mass is 9.79. The molecule has 1 saturated heterocycles. The van der Waals surface area contributed by atoms with Gasteiger partial charge in [0.15, 0.2) is 0 Å². The van der Waals surface area contributed by atoms with Crippen LogP contribution in [-0.2, 0) is 4.79 Å². The van der Waals surface area contributed by atoms with Crippen molar-refractivity contribution in [2.24, 2.45) is 17.8 Å². The molecule has 0 aromatic rings. The number of nitrogens with one attached hydrogen (secondary N) is 1. The van der Waals surface area contributed by atoms with Crippen LogP contribution in [0.3, 0.4) is 0 Å². The van der Waals surface area contributed by atoms with E-state index in [1.54, 1.807) is 4.90 Å².